The Kier molecular flexibility index (Phi) is 3.52. The molecule has 1 N–H and O–H groups in total. The highest BCUT2D eigenvalue weighted by Gasteiger charge is 2.31. The number of aromatic nitrogens is 3. The van der Waals surface area contributed by atoms with Crippen LogP contribution in [0.15, 0.2) is 45.8 Å². The average molecular weight is 368 g/mol. The van der Waals surface area contributed by atoms with Crippen molar-refractivity contribution in [3.8, 4) is 23.1 Å². The summed E-state index contributed by atoms with van der Waals surface area (Å²) in [5, 5.41) is 7.07. The molecule has 0 saturated heterocycles. The van der Waals surface area contributed by atoms with Crippen LogP contribution in [-0.2, 0) is 11.3 Å². The summed E-state index contributed by atoms with van der Waals surface area (Å²) in [7, 11) is 0. The minimum absolute atomic E-state index is 0.114. The zero-order valence-corrected chi connectivity index (χ0v) is 14.3. The van der Waals surface area contributed by atoms with Gasteiger partial charge in [0.25, 0.3) is 0 Å². The lowest BCUT2D eigenvalue weighted by Gasteiger charge is -2.05. The van der Waals surface area contributed by atoms with Crippen molar-refractivity contribution in [2.24, 2.45) is 0 Å². The molecule has 9 heteroatoms. The van der Waals surface area contributed by atoms with Gasteiger partial charge in [-0.25, -0.2) is 9.48 Å². The van der Waals surface area contributed by atoms with Crippen LogP contribution in [0.2, 0.25) is 0 Å². The number of benzene rings is 1. The minimum atomic E-state index is -0.359. The van der Waals surface area contributed by atoms with E-state index in [1.54, 1.807) is 34.9 Å². The molecular formula is C18H16N4O5. The summed E-state index contributed by atoms with van der Waals surface area (Å²) in [5.41, 5.74) is 0.245. The van der Waals surface area contributed by atoms with Crippen LogP contribution in [0.4, 0.5) is 5.69 Å². The molecule has 1 aliphatic heterocycles. The van der Waals surface area contributed by atoms with E-state index in [0.717, 1.165) is 12.8 Å². The van der Waals surface area contributed by atoms with E-state index in [1.165, 1.54) is 10.9 Å². The van der Waals surface area contributed by atoms with Crippen molar-refractivity contribution in [1.82, 2.24) is 14.3 Å². The third-order valence-corrected chi connectivity index (χ3v) is 4.47. The van der Waals surface area contributed by atoms with E-state index in [-0.39, 0.29) is 31.0 Å². The van der Waals surface area contributed by atoms with Gasteiger partial charge in [0.1, 0.15) is 6.54 Å². The number of rotatable bonds is 5. The van der Waals surface area contributed by atoms with E-state index in [2.05, 4.69) is 10.4 Å². The number of anilines is 1. The Bertz CT molecular complexity index is 1060. The van der Waals surface area contributed by atoms with Crippen LogP contribution in [0.3, 0.4) is 0 Å². The number of hydrogen-bond donors (Lipinski definition) is 1. The number of carbonyl (C=O) groups is 1. The van der Waals surface area contributed by atoms with Gasteiger partial charge in [-0.2, -0.15) is 0 Å². The number of hydrogen-bond acceptors (Lipinski definition) is 6. The largest absolute Gasteiger partial charge is 0.461 e. The Balaban J connectivity index is 1.38. The van der Waals surface area contributed by atoms with Gasteiger partial charge in [-0.15, -0.1) is 5.10 Å². The maximum absolute atomic E-state index is 12.7. The predicted octanol–water partition coefficient (Wildman–Crippen LogP) is 2.01. The van der Waals surface area contributed by atoms with Crippen LogP contribution in [0.25, 0.3) is 11.6 Å². The normalized spacial score (nSPS) is 15.1. The van der Waals surface area contributed by atoms with Gasteiger partial charge in [0.2, 0.25) is 18.5 Å². The summed E-state index contributed by atoms with van der Waals surface area (Å²) >= 11 is 0. The van der Waals surface area contributed by atoms with Crippen molar-refractivity contribution in [3.05, 3.63) is 47.1 Å². The first-order valence-corrected chi connectivity index (χ1v) is 8.62. The molecule has 3 aromatic rings. The summed E-state index contributed by atoms with van der Waals surface area (Å²) < 4.78 is 18.7. The van der Waals surface area contributed by atoms with Crippen LogP contribution in [0.5, 0.6) is 11.5 Å². The molecular weight excluding hydrogens is 352 g/mol. The highest BCUT2D eigenvalue weighted by atomic mass is 16.7. The third kappa shape index (κ3) is 2.86. The molecule has 0 unspecified atom stereocenters. The number of furan rings is 1. The molecule has 1 saturated carbocycles. The molecule has 0 radical (unpaired) electrons. The molecule has 0 spiro atoms. The minimum Gasteiger partial charge on any atom is -0.461 e. The molecule has 3 heterocycles. The molecule has 0 atom stereocenters. The molecule has 2 aromatic heterocycles. The lowest BCUT2D eigenvalue weighted by molar-refractivity contribution is -0.117. The Morgan fingerprint density at radius 1 is 1.22 bits per heavy atom. The van der Waals surface area contributed by atoms with Crippen LogP contribution in [-0.4, -0.2) is 27.0 Å². The number of carbonyl (C=O) groups excluding carboxylic acids is 1. The summed E-state index contributed by atoms with van der Waals surface area (Å²) in [4.78, 5) is 25.1. The fourth-order valence-electron chi connectivity index (χ4n) is 3.07. The fourth-order valence-corrected chi connectivity index (χ4v) is 3.07. The number of fused-ring (bicyclic) bond motifs is 1. The van der Waals surface area contributed by atoms with Crippen molar-refractivity contribution in [2.75, 3.05) is 12.1 Å². The SMILES string of the molecule is O=C(Cn1nc(-c2ccco2)n(C2CC2)c1=O)Nc1ccc2c(c1)OCO2. The zero-order chi connectivity index (χ0) is 18.4. The summed E-state index contributed by atoms with van der Waals surface area (Å²) in [6.45, 7) is -0.0308. The monoisotopic (exact) mass is 368 g/mol. The second-order valence-electron chi connectivity index (χ2n) is 6.46. The first kappa shape index (κ1) is 15.7. The van der Waals surface area contributed by atoms with Crippen LogP contribution < -0.4 is 20.5 Å². The van der Waals surface area contributed by atoms with Gasteiger partial charge in [0.05, 0.1) is 6.26 Å². The van der Waals surface area contributed by atoms with Crippen molar-refractivity contribution in [3.63, 3.8) is 0 Å². The average Bonchev–Trinajstić information content (AvgIpc) is 3.07. The molecule has 1 amide bonds. The van der Waals surface area contributed by atoms with E-state index in [0.29, 0.717) is 28.8 Å². The quantitative estimate of drug-likeness (QED) is 0.739. The Labute approximate surface area is 153 Å². The third-order valence-electron chi connectivity index (χ3n) is 4.47. The van der Waals surface area contributed by atoms with Gasteiger partial charge in [-0.1, -0.05) is 0 Å². The summed E-state index contributed by atoms with van der Waals surface area (Å²) in [6, 6.07) is 8.72. The van der Waals surface area contributed by atoms with Crippen molar-refractivity contribution in [2.45, 2.75) is 25.4 Å². The first-order valence-electron chi connectivity index (χ1n) is 8.62. The van der Waals surface area contributed by atoms with Crippen molar-refractivity contribution >= 4 is 11.6 Å². The van der Waals surface area contributed by atoms with Gasteiger partial charge < -0.3 is 19.2 Å². The van der Waals surface area contributed by atoms with Gasteiger partial charge in [0, 0.05) is 17.8 Å². The molecule has 0 bridgehead atoms. The summed E-state index contributed by atoms with van der Waals surface area (Å²) in [6.07, 6.45) is 3.37. The Hall–Kier alpha value is -3.49. The molecule has 27 heavy (non-hydrogen) atoms. The molecule has 2 aliphatic rings. The van der Waals surface area contributed by atoms with E-state index in [9.17, 15) is 9.59 Å². The molecule has 9 nitrogen and oxygen atoms in total. The van der Waals surface area contributed by atoms with Gasteiger partial charge in [0.15, 0.2) is 17.3 Å². The lowest BCUT2D eigenvalue weighted by Crippen LogP contribution is -2.30. The van der Waals surface area contributed by atoms with E-state index >= 15 is 0 Å². The molecule has 5 rings (SSSR count). The highest BCUT2D eigenvalue weighted by Crippen LogP contribution is 2.36. The number of amides is 1. The standard InChI is InChI=1S/C18H16N4O5/c23-16(19-11-3-6-13-15(8-11)27-10-26-13)9-21-18(24)22(12-4-5-12)17(20-21)14-2-1-7-25-14/h1-3,6-8,12H,4-5,9-10H2,(H,19,23). The van der Waals surface area contributed by atoms with Crippen LogP contribution >= 0.6 is 0 Å². The van der Waals surface area contributed by atoms with Crippen molar-refractivity contribution < 1.29 is 18.7 Å². The fraction of sp³-hybridized carbons (Fsp3) is 0.278. The second-order valence-corrected chi connectivity index (χ2v) is 6.46. The maximum Gasteiger partial charge on any atom is 0.347 e. The maximum atomic E-state index is 12.7. The summed E-state index contributed by atoms with van der Waals surface area (Å²) in [5.74, 6) is 1.80. The van der Waals surface area contributed by atoms with Gasteiger partial charge in [-0.3, -0.25) is 9.36 Å². The zero-order valence-electron chi connectivity index (χ0n) is 14.3. The van der Waals surface area contributed by atoms with E-state index in [4.69, 9.17) is 13.9 Å². The lowest BCUT2D eigenvalue weighted by atomic mass is 10.3. The molecule has 1 aliphatic carbocycles. The van der Waals surface area contributed by atoms with E-state index < -0.39 is 0 Å². The number of nitrogens with zero attached hydrogens (tertiary/aromatic N) is 3. The highest BCUT2D eigenvalue weighted by molar-refractivity contribution is 5.90. The first-order chi connectivity index (χ1) is 13.2. The predicted molar refractivity (Wildman–Crippen MR) is 93.7 cm³/mol. The molecule has 1 aromatic carbocycles. The Morgan fingerprint density at radius 3 is 2.85 bits per heavy atom. The van der Waals surface area contributed by atoms with Gasteiger partial charge in [-0.05, 0) is 37.1 Å². The smallest absolute Gasteiger partial charge is 0.347 e. The topological polar surface area (TPSA) is 101 Å². The van der Waals surface area contributed by atoms with Gasteiger partial charge >= 0.3 is 5.69 Å². The Morgan fingerprint density at radius 2 is 2.07 bits per heavy atom. The van der Waals surface area contributed by atoms with E-state index in [1.807, 2.05) is 0 Å². The number of ether oxygens (including phenoxy) is 2. The second kappa shape index (κ2) is 6.04. The molecule has 1 fully saturated rings. The molecule has 138 valence electrons. The van der Waals surface area contributed by atoms with Crippen molar-refractivity contribution in [1.29, 1.82) is 0 Å². The van der Waals surface area contributed by atoms with Crippen LogP contribution in [0, 0.1) is 0 Å². The van der Waals surface area contributed by atoms with Crippen LogP contribution in [0.1, 0.15) is 18.9 Å². The number of nitrogens with one attached hydrogen (secondary N) is 1.